The summed E-state index contributed by atoms with van der Waals surface area (Å²) in [6.07, 6.45) is 4.74. The monoisotopic (exact) mass is 368 g/mol. The predicted octanol–water partition coefficient (Wildman–Crippen LogP) is 4.62. The molecule has 1 aliphatic carbocycles. The van der Waals surface area contributed by atoms with Crippen LogP contribution in [0.15, 0.2) is 24.3 Å². The van der Waals surface area contributed by atoms with Gasteiger partial charge in [0.15, 0.2) is 0 Å². The number of hydrogen-bond acceptors (Lipinski definition) is 2. The quantitative estimate of drug-likeness (QED) is 0.790. The molecule has 1 amide bonds. The molecule has 1 saturated carbocycles. The number of rotatable bonds is 3. The Morgan fingerprint density at radius 1 is 1.00 bits per heavy atom. The molecule has 1 saturated heterocycles. The van der Waals surface area contributed by atoms with Crippen molar-refractivity contribution >= 4 is 5.91 Å². The van der Waals surface area contributed by atoms with Crippen molar-refractivity contribution in [2.75, 3.05) is 13.1 Å². The van der Waals surface area contributed by atoms with E-state index < -0.39 is 17.6 Å². The van der Waals surface area contributed by atoms with E-state index in [1.807, 2.05) is 0 Å². The highest BCUT2D eigenvalue weighted by molar-refractivity contribution is 5.96. The first-order chi connectivity index (χ1) is 12.4. The molecule has 1 N–H and O–H groups in total. The summed E-state index contributed by atoms with van der Waals surface area (Å²) in [5, 5.41) is 2.85. The van der Waals surface area contributed by atoms with Crippen molar-refractivity contribution in [1.29, 1.82) is 0 Å². The summed E-state index contributed by atoms with van der Waals surface area (Å²) in [5.74, 6) is -0.620. The Hall–Kier alpha value is -1.56. The topological polar surface area (TPSA) is 32.3 Å². The standard InChI is InChI=1S/C20H27F3N2O/c21-20(22,23)18-12-6-5-11-17(18)19(26)24-15-8-7-13-25(14-15)16-9-3-1-2-4-10-16/h5-6,11-12,15-16H,1-4,7-10,13-14H2,(H,24,26)/t15-/m1/s1. The number of halogens is 3. The van der Waals surface area contributed by atoms with Gasteiger partial charge in [-0.3, -0.25) is 9.69 Å². The van der Waals surface area contributed by atoms with Gasteiger partial charge in [-0.2, -0.15) is 13.2 Å². The molecule has 6 heteroatoms. The van der Waals surface area contributed by atoms with E-state index in [4.69, 9.17) is 0 Å². The predicted molar refractivity (Wildman–Crippen MR) is 95.0 cm³/mol. The SMILES string of the molecule is O=C(N[C@@H]1CCCN(C2CCCCCC2)C1)c1ccccc1C(F)(F)F. The van der Waals surface area contributed by atoms with E-state index in [2.05, 4.69) is 10.2 Å². The van der Waals surface area contributed by atoms with Crippen LogP contribution in [0.2, 0.25) is 0 Å². The second kappa shape index (κ2) is 8.42. The fourth-order valence-corrected chi connectivity index (χ4v) is 4.27. The summed E-state index contributed by atoms with van der Waals surface area (Å²) >= 11 is 0. The van der Waals surface area contributed by atoms with Crippen LogP contribution in [0.4, 0.5) is 13.2 Å². The Balaban J connectivity index is 1.64. The van der Waals surface area contributed by atoms with Crippen molar-refractivity contribution in [3.8, 4) is 0 Å². The van der Waals surface area contributed by atoms with Crippen LogP contribution in [-0.2, 0) is 6.18 Å². The normalized spacial score (nSPS) is 23.4. The van der Waals surface area contributed by atoms with Crippen molar-refractivity contribution in [2.45, 2.75) is 69.6 Å². The van der Waals surface area contributed by atoms with Gasteiger partial charge in [-0.15, -0.1) is 0 Å². The fourth-order valence-electron chi connectivity index (χ4n) is 4.27. The Morgan fingerprint density at radius 2 is 1.69 bits per heavy atom. The van der Waals surface area contributed by atoms with Crippen LogP contribution < -0.4 is 5.32 Å². The molecule has 1 atom stereocenters. The van der Waals surface area contributed by atoms with Crippen molar-refractivity contribution in [1.82, 2.24) is 10.2 Å². The fraction of sp³-hybridized carbons (Fsp3) is 0.650. The van der Waals surface area contributed by atoms with Crippen molar-refractivity contribution in [3.05, 3.63) is 35.4 Å². The molecule has 0 unspecified atom stereocenters. The third-order valence-electron chi connectivity index (χ3n) is 5.61. The minimum absolute atomic E-state index is 0.0826. The zero-order valence-corrected chi connectivity index (χ0v) is 15.0. The van der Waals surface area contributed by atoms with Crippen LogP contribution in [0, 0.1) is 0 Å². The Morgan fingerprint density at radius 3 is 2.38 bits per heavy atom. The van der Waals surface area contributed by atoms with Gasteiger partial charge in [-0.25, -0.2) is 0 Å². The van der Waals surface area contributed by atoms with E-state index in [0.717, 1.165) is 32.0 Å². The minimum Gasteiger partial charge on any atom is -0.348 e. The van der Waals surface area contributed by atoms with Gasteiger partial charge in [0, 0.05) is 18.6 Å². The Kier molecular flexibility index (Phi) is 6.22. The summed E-state index contributed by atoms with van der Waals surface area (Å²) in [6.45, 7) is 1.76. The third-order valence-corrected chi connectivity index (χ3v) is 5.61. The lowest BCUT2D eigenvalue weighted by atomic mass is 9.99. The second-order valence-corrected chi connectivity index (χ2v) is 7.50. The summed E-state index contributed by atoms with van der Waals surface area (Å²) in [4.78, 5) is 14.9. The van der Waals surface area contributed by atoms with Crippen molar-refractivity contribution in [3.63, 3.8) is 0 Å². The van der Waals surface area contributed by atoms with Crippen molar-refractivity contribution in [2.24, 2.45) is 0 Å². The summed E-state index contributed by atoms with van der Waals surface area (Å²) < 4.78 is 39.4. The number of likely N-dealkylation sites (tertiary alicyclic amines) is 1. The highest BCUT2D eigenvalue weighted by Crippen LogP contribution is 2.32. The molecule has 1 aromatic rings. The van der Waals surface area contributed by atoms with E-state index in [-0.39, 0.29) is 11.6 Å². The first-order valence-electron chi connectivity index (χ1n) is 9.66. The Bertz CT molecular complexity index is 609. The molecule has 1 aliphatic heterocycles. The molecule has 2 aliphatic rings. The maximum absolute atomic E-state index is 13.1. The molecular formula is C20H27F3N2O. The van der Waals surface area contributed by atoms with Crippen LogP contribution in [0.5, 0.6) is 0 Å². The summed E-state index contributed by atoms with van der Waals surface area (Å²) in [6, 6.07) is 5.48. The number of benzene rings is 1. The molecule has 0 radical (unpaired) electrons. The van der Waals surface area contributed by atoms with E-state index in [1.165, 1.54) is 56.7 Å². The van der Waals surface area contributed by atoms with Gasteiger partial charge in [0.25, 0.3) is 5.91 Å². The largest absolute Gasteiger partial charge is 0.417 e. The average Bonchev–Trinajstić information content (AvgIpc) is 2.91. The number of amides is 1. The molecule has 26 heavy (non-hydrogen) atoms. The number of hydrogen-bond donors (Lipinski definition) is 1. The molecule has 144 valence electrons. The third kappa shape index (κ3) is 4.78. The van der Waals surface area contributed by atoms with Crippen LogP contribution in [0.1, 0.15) is 67.3 Å². The first kappa shape index (κ1) is 19.2. The van der Waals surface area contributed by atoms with Gasteiger partial charge in [0.05, 0.1) is 11.1 Å². The lowest BCUT2D eigenvalue weighted by molar-refractivity contribution is -0.137. The van der Waals surface area contributed by atoms with Crippen molar-refractivity contribution < 1.29 is 18.0 Å². The van der Waals surface area contributed by atoms with Gasteiger partial charge in [0.1, 0.15) is 0 Å². The van der Waals surface area contributed by atoms with Gasteiger partial charge in [0.2, 0.25) is 0 Å². The lowest BCUT2D eigenvalue weighted by Crippen LogP contribution is -2.51. The number of piperidine rings is 1. The molecule has 3 rings (SSSR count). The molecule has 1 heterocycles. The molecule has 0 bridgehead atoms. The molecule has 0 aromatic heterocycles. The number of nitrogens with zero attached hydrogens (tertiary/aromatic N) is 1. The van der Waals surface area contributed by atoms with Gasteiger partial charge < -0.3 is 5.32 Å². The summed E-state index contributed by atoms with van der Waals surface area (Å²) in [7, 11) is 0. The molecular weight excluding hydrogens is 341 g/mol. The second-order valence-electron chi connectivity index (χ2n) is 7.50. The number of nitrogens with one attached hydrogen (secondary N) is 1. The molecule has 0 spiro atoms. The van der Waals surface area contributed by atoms with Crippen LogP contribution in [0.25, 0.3) is 0 Å². The number of carbonyl (C=O) groups excluding carboxylic acids is 1. The lowest BCUT2D eigenvalue weighted by Gasteiger charge is -2.38. The first-order valence-corrected chi connectivity index (χ1v) is 9.66. The molecule has 3 nitrogen and oxygen atoms in total. The number of alkyl halides is 3. The highest BCUT2D eigenvalue weighted by atomic mass is 19.4. The van der Waals surface area contributed by atoms with E-state index in [1.54, 1.807) is 0 Å². The zero-order valence-electron chi connectivity index (χ0n) is 15.0. The van der Waals surface area contributed by atoms with E-state index >= 15 is 0 Å². The average molecular weight is 368 g/mol. The van der Waals surface area contributed by atoms with Crippen LogP contribution >= 0.6 is 0 Å². The summed E-state index contributed by atoms with van der Waals surface area (Å²) in [5.41, 5.74) is -1.15. The smallest absolute Gasteiger partial charge is 0.348 e. The van der Waals surface area contributed by atoms with Gasteiger partial charge in [-0.05, 0) is 44.4 Å². The van der Waals surface area contributed by atoms with Crippen LogP contribution in [-0.4, -0.2) is 36.0 Å². The van der Waals surface area contributed by atoms with E-state index in [0.29, 0.717) is 6.04 Å². The van der Waals surface area contributed by atoms with E-state index in [9.17, 15) is 18.0 Å². The molecule has 2 fully saturated rings. The van der Waals surface area contributed by atoms with Gasteiger partial charge >= 0.3 is 6.18 Å². The zero-order chi connectivity index (χ0) is 18.6. The maximum atomic E-state index is 13.1. The minimum atomic E-state index is -4.52. The van der Waals surface area contributed by atoms with Gasteiger partial charge in [-0.1, -0.05) is 37.8 Å². The van der Waals surface area contributed by atoms with Crippen LogP contribution in [0.3, 0.4) is 0 Å². The molecule has 1 aromatic carbocycles. The maximum Gasteiger partial charge on any atom is 0.417 e. The highest BCUT2D eigenvalue weighted by Gasteiger charge is 2.35. The Labute approximate surface area is 152 Å². The number of carbonyl (C=O) groups is 1.